The summed E-state index contributed by atoms with van der Waals surface area (Å²) >= 11 is 3.56. The molecule has 0 aromatic heterocycles. The van der Waals surface area contributed by atoms with Gasteiger partial charge in [0.05, 0.1) is 0 Å². The van der Waals surface area contributed by atoms with Gasteiger partial charge in [-0.15, -0.1) is 0 Å². The molecule has 1 aliphatic rings. The van der Waals surface area contributed by atoms with Gasteiger partial charge in [-0.2, -0.15) is 0 Å². The quantitative estimate of drug-likeness (QED) is 0.860. The van der Waals surface area contributed by atoms with E-state index in [1.54, 1.807) is 0 Å². The Morgan fingerprint density at radius 1 is 1.40 bits per heavy atom. The Morgan fingerprint density at radius 2 is 2.13 bits per heavy atom. The van der Waals surface area contributed by atoms with Crippen molar-refractivity contribution in [2.24, 2.45) is 11.8 Å². The third kappa shape index (κ3) is 3.32. The highest BCUT2D eigenvalue weighted by molar-refractivity contribution is 9.10. The summed E-state index contributed by atoms with van der Waals surface area (Å²) in [6.07, 6.45) is 2.88. The summed E-state index contributed by atoms with van der Waals surface area (Å²) in [6, 6.07) is 8.41. The van der Waals surface area contributed by atoms with Crippen LogP contribution in [-0.4, -0.2) is 6.54 Å². The first-order valence-corrected chi connectivity index (χ1v) is 6.51. The molecule has 1 unspecified atom stereocenters. The first kappa shape index (κ1) is 11.2. The summed E-state index contributed by atoms with van der Waals surface area (Å²) < 4.78 is 1.21. The van der Waals surface area contributed by atoms with Gasteiger partial charge in [0.15, 0.2) is 0 Å². The second-order valence-electron chi connectivity index (χ2n) is 4.54. The molecule has 1 atom stereocenters. The van der Waals surface area contributed by atoms with Crippen molar-refractivity contribution in [3.05, 3.63) is 34.3 Å². The molecule has 1 saturated carbocycles. The minimum absolute atomic E-state index is 0.840. The SMILES string of the molecule is CC(CNCc1ccccc1Br)C1CC1. The maximum atomic E-state index is 3.56. The lowest BCUT2D eigenvalue weighted by Gasteiger charge is -2.11. The Labute approximate surface area is 100 Å². The van der Waals surface area contributed by atoms with Crippen molar-refractivity contribution in [2.75, 3.05) is 6.54 Å². The van der Waals surface area contributed by atoms with Gasteiger partial charge in [0.2, 0.25) is 0 Å². The number of rotatable bonds is 5. The molecule has 1 nitrogen and oxygen atoms in total. The molecule has 1 aromatic rings. The fourth-order valence-corrected chi connectivity index (χ4v) is 2.33. The summed E-state index contributed by atoms with van der Waals surface area (Å²) in [5, 5.41) is 3.53. The van der Waals surface area contributed by atoms with E-state index in [2.05, 4.69) is 52.4 Å². The Bertz CT molecular complexity index is 320. The average molecular weight is 268 g/mol. The lowest BCUT2D eigenvalue weighted by atomic mass is 10.1. The molecule has 1 fully saturated rings. The van der Waals surface area contributed by atoms with Crippen molar-refractivity contribution in [3.8, 4) is 0 Å². The fraction of sp³-hybridized carbons (Fsp3) is 0.538. The standard InChI is InChI=1S/C13H18BrN/c1-10(11-6-7-11)8-15-9-12-4-2-3-5-13(12)14/h2-5,10-11,15H,6-9H2,1H3. The molecule has 0 radical (unpaired) electrons. The molecule has 0 spiro atoms. The van der Waals surface area contributed by atoms with E-state index in [1.165, 1.54) is 22.9 Å². The van der Waals surface area contributed by atoms with E-state index >= 15 is 0 Å². The molecule has 1 N–H and O–H groups in total. The van der Waals surface area contributed by atoms with Gasteiger partial charge >= 0.3 is 0 Å². The summed E-state index contributed by atoms with van der Waals surface area (Å²) in [6.45, 7) is 4.47. The van der Waals surface area contributed by atoms with Gasteiger partial charge in [-0.25, -0.2) is 0 Å². The van der Waals surface area contributed by atoms with Crippen molar-refractivity contribution in [3.63, 3.8) is 0 Å². The molecule has 0 aliphatic heterocycles. The monoisotopic (exact) mass is 267 g/mol. The van der Waals surface area contributed by atoms with Gasteiger partial charge in [-0.3, -0.25) is 0 Å². The van der Waals surface area contributed by atoms with E-state index in [4.69, 9.17) is 0 Å². The Morgan fingerprint density at radius 3 is 2.80 bits per heavy atom. The molecule has 2 heteroatoms. The van der Waals surface area contributed by atoms with E-state index in [0.717, 1.165) is 24.9 Å². The minimum Gasteiger partial charge on any atom is -0.312 e. The van der Waals surface area contributed by atoms with Crippen molar-refractivity contribution in [1.29, 1.82) is 0 Å². The molecule has 0 bridgehead atoms. The van der Waals surface area contributed by atoms with Crippen LogP contribution in [0, 0.1) is 11.8 Å². The third-order valence-corrected chi connectivity index (χ3v) is 3.94. The molecule has 82 valence electrons. The van der Waals surface area contributed by atoms with Crippen LogP contribution in [-0.2, 0) is 6.54 Å². The third-order valence-electron chi connectivity index (χ3n) is 3.17. The summed E-state index contributed by atoms with van der Waals surface area (Å²) in [4.78, 5) is 0. The highest BCUT2D eigenvalue weighted by atomic mass is 79.9. The first-order valence-electron chi connectivity index (χ1n) is 5.71. The zero-order valence-electron chi connectivity index (χ0n) is 9.17. The predicted molar refractivity (Wildman–Crippen MR) is 67.7 cm³/mol. The van der Waals surface area contributed by atoms with Crippen LogP contribution in [0.5, 0.6) is 0 Å². The van der Waals surface area contributed by atoms with Gasteiger partial charge < -0.3 is 5.32 Å². The van der Waals surface area contributed by atoms with Crippen LogP contribution in [0.15, 0.2) is 28.7 Å². The average Bonchev–Trinajstić information content (AvgIpc) is 3.04. The smallest absolute Gasteiger partial charge is 0.0220 e. The molecular weight excluding hydrogens is 250 g/mol. The largest absolute Gasteiger partial charge is 0.312 e. The van der Waals surface area contributed by atoms with Crippen LogP contribution in [0.25, 0.3) is 0 Å². The number of halogens is 1. The van der Waals surface area contributed by atoms with Crippen LogP contribution in [0.3, 0.4) is 0 Å². The maximum absolute atomic E-state index is 3.56. The molecular formula is C13H18BrN. The maximum Gasteiger partial charge on any atom is 0.0220 e. The fourth-order valence-electron chi connectivity index (χ4n) is 1.91. The second-order valence-corrected chi connectivity index (χ2v) is 5.39. The van der Waals surface area contributed by atoms with Gasteiger partial charge in [0.1, 0.15) is 0 Å². The number of benzene rings is 1. The molecule has 1 aliphatic carbocycles. The van der Waals surface area contributed by atoms with Crippen molar-refractivity contribution in [1.82, 2.24) is 5.32 Å². The van der Waals surface area contributed by atoms with E-state index in [9.17, 15) is 0 Å². The Hall–Kier alpha value is -0.340. The topological polar surface area (TPSA) is 12.0 Å². The molecule has 0 amide bonds. The zero-order valence-corrected chi connectivity index (χ0v) is 10.8. The Balaban J connectivity index is 1.75. The predicted octanol–water partition coefficient (Wildman–Crippen LogP) is 3.58. The van der Waals surface area contributed by atoms with Crippen molar-refractivity contribution in [2.45, 2.75) is 26.3 Å². The van der Waals surface area contributed by atoms with E-state index in [0.29, 0.717) is 0 Å². The van der Waals surface area contributed by atoms with Crippen molar-refractivity contribution < 1.29 is 0 Å². The van der Waals surface area contributed by atoms with Gasteiger partial charge in [0, 0.05) is 11.0 Å². The van der Waals surface area contributed by atoms with Crippen LogP contribution in [0.1, 0.15) is 25.3 Å². The molecule has 0 heterocycles. The van der Waals surface area contributed by atoms with Crippen LogP contribution in [0.4, 0.5) is 0 Å². The molecule has 1 aromatic carbocycles. The summed E-state index contributed by atoms with van der Waals surface area (Å²) in [5.41, 5.74) is 1.35. The van der Waals surface area contributed by atoms with Crippen LogP contribution >= 0.6 is 15.9 Å². The number of nitrogens with one attached hydrogen (secondary N) is 1. The Kier molecular flexibility index (Phi) is 3.81. The van der Waals surface area contributed by atoms with Crippen molar-refractivity contribution >= 4 is 15.9 Å². The van der Waals surface area contributed by atoms with Gasteiger partial charge in [-0.05, 0) is 42.9 Å². The van der Waals surface area contributed by atoms with Gasteiger partial charge in [-0.1, -0.05) is 41.1 Å². The van der Waals surface area contributed by atoms with Crippen LogP contribution < -0.4 is 5.32 Å². The van der Waals surface area contributed by atoms with E-state index in [1.807, 2.05) is 0 Å². The van der Waals surface area contributed by atoms with Crippen LogP contribution in [0.2, 0.25) is 0 Å². The highest BCUT2D eigenvalue weighted by Crippen LogP contribution is 2.36. The van der Waals surface area contributed by atoms with E-state index < -0.39 is 0 Å². The molecule has 0 saturated heterocycles. The normalized spacial score (nSPS) is 17.7. The molecule has 2 rings (SSSR count). The van der Waals surface area contributed by atoms with Gasteiger partial charge in [0.25, 0.3) is 0 Å². The molecule has 15 heavy (non-hydrogen) atoms. The minimum atomic E-state index is 0.840. The number of hydrogen-bond donors (Lipinski definition) is 1. The lowest BCUT2D eigenvalue weighted by Crippen LogP contribution is -2.21. The number of hydrogen-bond acceptors (Lipinski definition) is 1. The lowest BCUT2D eigenvalue weighted by molar-refractivity contribution is 0.461. The summed E-state index contributed by atoms with van der Waals surface area (Å²) in [7, 11) is 0. The first-order chi connectivity index (χ1) is 7.27. The zero-order chi connectivity index (χ0) is 10.7. The van der Waals surface area contributed by atoms with E-state index in [-0.39, 0.29) is 0 Å². The summed E-state index contributed by atoms with van der Waals surface area (Å²) in [5.74, 6) is 1.84. The second kappa shape index (κ2) is 5.13. The highest BCUT2D eigenvalue weighted by Gasteiger charge is 2.27.